The van der Waals surface area contributed by atoms with Gasteiger partial charge in [0.25, 0.3) is 0 Å². The Balaban J connectivity index is 2.22. The van der Waals surface area contributed by atoms with Crippen LogP contribution in [-0.4, -0.2) is 19.7 Å². The van der Waals surface area contributed by atoms with Crippen LogP contribution in [0.2, 0.25) is 0 Å². The number of fused-ring (bicyclic) bond motifs is 1. The number of ether oxygens (including phenoxy) is 2. The number of benzene rings is 1. The van der Waals surface area contributed by atoms with Crippen LogP contribution >= 0.6 is 0 Å². The van der Waals surface area contributed by atoms with E-state index >= 15 is 0 Å². The summed E-state index contributed by atoms with van der Waals surface area (Å²) >= 11 is 0. The van der Waals surface area contributed by atoms with Gasteiger partial charge in [0.05, 0.1) is 13.7 Å². The fraction of sp³-hybridized carbons (Fsp3) is 0.214. The number of hydrogen-bond donors (Lipinski definition) is 0. The standard InChI is InChI=1S/C14H14O4/c1-3-17-14(15)7-5-12-9-10-8-11(16-2)4-6-13(10)18-12/h4-9H,3H2,1-2H3. The van der Waals surface area contributed by atoms with Crippen LogP contribution in [-0.2, 0) is 9.53 Å². The van der Waals surface area contributed by atoms with Gasteiger partial charge in [-0.15, -0.1) is 0 Å². The molecule has 0 fully saturated rings. The van der Waals surface area contributed by atoms with E-state index in [0.29, 0.717) is 12.4 Å². The predicted molar refractivity (Wildman–Crippen MR) is 68.4 cm³/mol. The number of methoxy groups -OCH3 is 1. The molecule has 94 valence electrons. The molecule has 0 spiro atoms. The predicted octanol–water partition coefficient (Wildman–Crippen LogP) is 3.02. The topological polar surface area (TPSA) is 48.7 Å². The van der Waals surface area contributed by atoms with Crippen LogP contribution in [0, 0.1) is 0 Å². The Morgan fingerprint density at radius 1 is 1.39 bits per heavy atom. The molecule has 1 heterocycles. The summed E-state index contributed by atoms with van der Waals surface area (Å²) in [5.74, 6) is 0.992. The molecule has 0 saturated heterocycles. The molecule has 0 saturated carbocycles. The lowest BCUT2D eigenvalue weighted by molar-refractivity contribution is -0.137. The first-order chi connectivity index (χ1) is 8.72. The first-order valence-electron chi connectivity index (χ1n) is 5.65. The Bertz CT molecular complexity index is 580. The van der Waals surface area contributed by atoms with Crippen LogP contribution in [0.3, 0.4) is 0 Å². The van der Waals surface area contributed by atoms with Gasteiger partial charge < -0.3 is 13.9 Å². The Labute approximate surface area is 105 Å². The maximum absolute atomic E-state index is 11.2. The summed E-state index contributed by atoms with van der Waals surface area (Å²) in [4.78, 5) is 11.2. The molecule has 0 atom stereocenters. The van der Waals surface area contributed by atoms with Gasteiger partial charge in [-0.25, -0.2) is 4.79 Å². The Kier molecular flexibility index (Phi) is 3.67. The maximum atomic E-state index is 11.2. The number of esters is 1. The molecule has 0 aliphatic rings. The monoisotopic (exact) mass is 246 g/mol. The smallest absolute Gasteiger partial charge is 0.330 e. The van der Waals surface area contributed by atoms with Gasteiger partial charge in [0.1, 0.15) is 17.1 Å². The van der Waals surface area contributed by atoms with Gasteiger partial charge in [-0.05, 0) is 37.3 Å². The van der Waals surface area contributed by atoms with Crippen LogP contribution in [0.25, 0.3) is 17.0 Å². The zero-order chi connectivity index (χ0) is 13.0. The summed E-state index contributed by atoms with van der Waals surface area (Å²) in [5.41, 5.74) is 0.749. The SMILES string of the molecule is CCOC(=O)C=Cc1cc2cc(OC)ccc2o1. The van der Waals surface area contributed by atoms with Crippen molar-refractivity contribution in [3.8, 4) is 5.75 Å². The highest BCUT2D eigenvalue weighted by atomic mass is 16.5. The highest BCUT2D eigenvalue weighted by molar-refractivity contribution is 5.88. The highest BCUT2D eigenvalue weighted by Crippen LogP contribution is 2.24. The van der Waals surface area contributed by atoms with Gasteiger partial charge in [0.2, 0.25) is 0 Å². The molecule has 0 bridgehead atoms. The van der Waals surface area contributed by atoms with E-state index in [1.165, 1.54) is 6.08 Å². The minimum Gasteiger partial charge on any atom is -0.497 e. The van der Waals surface area contributed by atoms with Crippen molar-refractivity contribution >= 4 is 23.0 Å². The van der Waals surface area contributed by atoms with Crippen molar-refractivity contribution < 1.29 is 18.7 Å². The maximum Gasteiger partial charge on any atom is 0.330 e. The largest absolute Gasteiger partial charge is 0.497 e. The fourth-order valence-corrected chi connectivity index (χ4v) is 1.59. The van der Waals surface area contributed by atoms with E-state index in [9.17, 15) is 4.79 Å². The number of rotatable bonds is 4. The van der Waals surface area contributed by atoms with Crippen molar-refractivity contribution in [1.29, 1.82) is 0 Å². The number of carbonyl (C=O) groups excluding carboxylic acids is 1. The first-order valence-corrected chi connectivity index (χ1v) is 5.65. The van der Waals surface area contributed by atoms with Crippen LogP contribution < -0.4 is 4.74 Å². The number of carbonyl (C=O) groups is 1. The summed E-state index contributed by atoms with van der Waals surface area (Å²) < 4.78 is 15.5. The Hall–Kier alpha value is -2.23. The van der Waals surface area contributed by atoms with Gasteiger partial charge in [-0.2, -0.15) is 0 Å². The second kappa shape index (κ2) is 5.40. The van der Waals surface area contributed by atoms with Crippen molar-refractivity contribution in [2.24, 2.45) is 0 Å². The molecule has 18 heavy (non-hydrogen) atoms. The lowest BCUT2D eigenvalue weighted by Crippen LogP contribution is -1.98. The van der Waals surface area contributed by atoms with Crippen molar-refractivity contribution in [2.45, 2.75) is 6.92 Å². The normalized spacial score (nSPS) is 11.0. The van der Waals surface area contributed by atoms with Gasteiger partial charge >= 0.3 is 5.97 Å². The Morgan fingerprint density at radius 2 is 2.22 bits per heavy atom. The minimum absolute atomic E-state index is 0.362. The molecular weight excluding hydrogens is 232 g/mol. The molecule has 0 unspecified atom stereocenters. The van der Waals surface area contributed by atoms with E-state index in [2.05, 4.69) is 0 Å². The molecule has 4 heteroatoms. The lowest BCUT2D eigenvalue weighted by Gasteiger charge is -1.96. The van der Waals surface area contributed by atoms with Crippen molar-refractivity contribution in [3.63, 3.8) is 0 Å². The number of hydrogen-bond acceptors (Lipinski definition) is 4. The highest BCUT2D eigenvalue weighted by Gasteiger charge is 2.03. The number of furan rings is 1. The van der Waals surface area contributed by atoms with Crippen molar-refractivity contribution in [1.82, 2.24) is 0 Å². The Morgan fingerprint density at radius 3 is 2.94 bits per heavy atom. The van der Waals surface area contributed by atoms with E-state index in [-0.39, 0.29) is 5.97 Å². The third kappa shape index (κ3) is 2.71. The summed E-state index contributed by atoms with van der Waals surface area (Å²) in [6, 6.07) is 7.37. The molecule has 0 aliphatic heterocycles. The third-order valence-electron chi connectivity index (χ3n) is 2.41. The summed E-state index contributed by atoms with van der Waals surface area (Å²) in [5, 5.41) is 0.929. The first kappa shape index (κ1) is 12.2. The van der Waals surface area contributed by atoms with E-state index in [4.69, 9.17) is 13.9 Å². The van der Waals surface area contributed by atoms with E-state index in [0.717, 1.165) is 16.7 Å². The van der Waals surface area contributed by atoms with Crippen LogP contribution in [0.15, 0.2) is 34.8 Å². The third-order valence-corrected chi connectivity index (χ3v) is 2.41. The lowest BCUT2D eigenvalue weighted by atomic mass is 10.2. The molecule has 0 aliphatic carbocycles. The molecule has 0 radical (unpaired) electrons. The molecular formula is C14H14O4. The van der Waals surface area contributed by atoms with Crippen LogP contribution in [0.4, 0.5) is 0 Å². The molecule has 1 aromatic heterocycles. The quantitative estimate of drug-likeness (QED) is 0.614. The van der Waals surface area contributed by atoms with Gasteiger partial charge in [0.15, 0.2) is 0 Å². The summed E-state index contributed by atoms with van der Waals surface area (Å²) in [6.07, 6.45) is 2.93. The van der Waals surface area contributed by atoms with Gasteiger partial charge in [-0.1, -0.05) is 0 Å². The van der Waals surface area contributed by atoms with Gasteiger partial charge in [0, 0.05) is 11.5 Å². The molecule has 1 aromatic carbocycles. The summed E-state index contributed by atoms with van der Waals surface area (Å²) in [7, 11) is 1.61. The van der Waals surface area contributed by atoms with Crippen LogP contribution in [0.1, 0.15) is 12.7 Å². The van der Waals surface area contributed by atoms with Gasteiger partial charge in [-0.3, -0.25) is 0 Å². The van der Waals surface area contributed by atoms with E-state index in [1.54, 1.807) is 20.1 Å². The zero-order valence-corrected chi connectivity index (χ0v) is 10.3. The molecule has 2 aromatic rings. The van der Waals surface area contributed by atoms with E-state index in [1.807, 2.05) is 24.3 Å². The second-order valence-corrected chi connectivity index (χ2v) is 3.64. The average molecular weight is 246 g/mol. The fourth-order valence-electron chi connectivity index (χ4n) is 1.59. The van der Waals surface area contributed by atoms with Crippen molar-refractivity contribution in [3.05, 3.63) is 36.1 Å². The molecule has 2 rings (SSSR count). The average Bonchev–Trinajstić information content (AvgIpc) is 2.78. The molecule has 0 amide bonds. The second-order valence-electron chi connectivity index (χ2n) is 3.64. The minimum atomic E-state index is -0.379. The van der Waals surface area contributed by atoms with Crippen LogP contribution in [0.5, 0.6) is 5.75 Å². The molecule has 4 nitrogen and oxygen atoms in total. The molecule has 0 N–H and O–H groups in total. The summed E-state index contributed by atoms with van der Waals surface area (Å²) in [6.45, 7) is 2.12. The zero-order valence-electron chi connectivity index (χ0n) is 10.3. The van der Waals surface area contributed by atoms with E-state index < -0.39 is 0 Å². The van der Waals surface area contributed by atoms with Crippen molar-refractivity contribution in [2.75, 3.05) is 13.7 Å².